The predicted octanol–water partition coefficient (Wildman–Crippen LogP) is 3.11. The Morgan fingerprint density at radius 3 is 1.78 bits per heavy atom. The van der Waals surface area contributed by atoms with E-state index < -0.39 is 16.6 Å². The SMILES string of the molecule is CS(=O)(=O)OCC[C]12[CH]3[CH]4[CH]5[CH]1[Fe]45321678[CH]2[CH]1[CH]6[CH]7[CH]28. The fraction of sp³-hybridized carbons (Fsp3) is 1.00. The molecule has 0 N–H and O–H groups in total. The quantitative estimate of drug-likeness (QED) is 0.592. The fourth-order valence-corrected chi connectivity index (χ4v) is 93.4. The van der Waals surface area contributed by atoms with Crippen molar-refractivity contribution in [1.82, 2.24) is 0 Å². The molecule has 10 heterocycles. The number of fused-ring (bicyclic) bond motifs is 10. The first-order chi connectivity index (χ1) is 8.25. The summed E-state index contributed by atoms with van der Waals surface area (Å²) in [4.78, 5) is 11.9. The first-order valence-electron chi connectivity index (χ1n) is 7.31. The van der Waals surface area contributed by atoms with Gasteiger partial charge in [0, 0.05) is 0 Å². The van der Waals surface area contributed by atoms with Crippen LogP contribution in [-0.4, -0.2) is 21.3 Å². The van der Waals surface area contributed by atoms with Gasteiger partial charge in [0.2, 0.25) is 0 Å². The number of hydrogen-bond donors (Lipinski definition) is 0. The van der Waals surface area contributed by atoms with Crippen molar-refractivity contribution in [3.05, 3.63) is 0 Å². The van der Waals surface area contributed by atoms with E-state index in [4.69, 9.17) is 4.18 Å². The molecule has 4 atom stereocenters. The minimum absolute atomic E-state index is 0.516. The molecule has 10 rings (SSSR count). The van der Waals surface area contributed by atoms with Crippen molar-refractivity contribution in [2.45, 2.75) is 54.1 Å². The van der Waals surface area contributed by atoms with Crippen molar-refractivity contribution in [2.75, 3.05) is 12.9 Å². The Morgan fingerprint density at radius 2 is 1.50 bits per heavy atom. The van der Waals surface area contributed by atoms with Gasteiger partial charge in [-0.1, -0.05) is 0 Å². The zero-order valence-electron chi connectivity index (χ0n) is 10.1. The first-order valence-corrected chi connectivity index (χ1v) is 15.4. The fourth-order valence-electron chi connectivity index (χ4n) is 17.7. The second-order valence-corrected chi connectivity index (χ2v) is 36.4. The summed E-state index contributed by atoms with van der Waals surface area (Å²) in [6, 6.07) is 0. The normalized spacial score (nSPS) is 114. The summed E-state index contributed by atoms with van der Waals surface area (Å²) in [6.45, 7) is -2.41. The Hall–Kier alpha value is 0.429. The van der Waals surface area contributed by atoms with Gasteiger partial charge in [-0.25, -0.2) is 0 Å². The van der Waals surface area contributed by atoms with Gasteiger partial charge >= 0.3 is 96.2 Å². The third-order valence-corrected chi connectivity index (χ3v) is 59.4. The van der Waals surface area contributed by atoms with E-state index in [0.717, 1.165) is 10.7 Å². The van der Waals surface area contributed by atoms with E-state index in [2.05, 4.69) is 0 Å². The van der Waals surface area contributed by atoms with Gasteiger partial charge < -0.3 is 0 Å². The topological polar surface area (TPSA) is 43.4 Å². The standard InChI is InChI=1S/C8H11O3S.C5H5.Fe/c1-12(9,10)11-7-6-8-4-2-3-5-8;1-2-4-5-3-1;/h2-5H,6-7H2,1H3;1-5H;. The summed E-state index contributed by atoms with van der Waals surface area (Å²) in [7, 11) is -3.22. The molecule has 10 aliphatic heterocycles. The van der Waals surface area contributed by atoms with Crippen molar-refractivity contribution in [1.29, 1.82) is 0 Å². The number of rotatable bonds is 4. The summed E-state index contributed by atoms with van der Waals surface area (Å²) >= 11 is 0. The molecule has 0 aliphatic carbocycles. The molecule has 100 valence electrons. The van der Waals surface area contributed by atoms with E-state index in [0.29, 0.717) is 6.61 Å². The Labute approximate surface area is 96.1 Å². The van der Waals surface area contributed by atoms with Crippen LogP contribution >= 0.6 is 0 Å². The molecule has 5 heteroatoms. The van der Waals surface area contributed by atoms with Crippen molar-refractivity contribution in [3.63, 3.8) is 0 Å². The van der Waals surface area contributed by atoms with Gasteiger partial charge in [0.25, 0.3) is 0 Å². The van der Waals surface area contributed by atoms with Crippen LogP contribution in [0.15, 0.2) is 0 Å². The van der Waals surface area contributed by atoms with E-state index in [1.54, 1.807) is 0 Å². The zero-order valence-corrected chi connectivity index (χ0v) is 12.0. The van der Waals surface area contributed by atoms with Crippen molar-refractivity contribution >= 4 is 10.1 Å². The van der Waals surface area contributed by atoms with Gasteiger partial charge in [-0.3, -0.25) is 0 Å². The molecule has 10 aliphatic rings. The molecule has 10 fully saturated rings. The van der Waals surface area contributed by atoms with E-state index in [1.165, 1.54) is 49.6 Å². The van der Waals surface area contributed by atoms with Crippen LogP contribution in [0.5, 0.6) is 0 Å². The Morgan fingerprint density at radius 1 is 1.00 bits per heavy atom. The summed E-state index contributed by atoms with van der Waals surface area (Å²) in [5.41, 5.74) is 0. The molecule has 3 nitrogen and oxygen atoms in total. The molecule has 4 unspecified atom stereocenters. The van der Waals surface area contributed by atoms with Gasteiger partial charge in [0.1, 0.15) is 0 Å². The van der Waals surface area contributed by atoms with Crippen LogP contribution in [0.3, 0.4) is 0 Å². The number of hydrogen-bond acceptors (Lipinski definition) is 3. The van der Waals surface area contributed by atoms with Crippen LogP contribution in [0, 0.1) is 0 Å². The molecule has 0 bridgehead atoms. The van der Waals surface area contributed by atoms with Gasteiger partial charge in [-0.05, 0) is 0 Å². The minimum atomic E-state index is -3.22. The molecule has 0 aromatic heterocycles. The summed E-state index contributed by atoms with van der Waals surface area (Å²) in [5.74, 6) is 0. The second kappa shape index (κ2) is 0.615. The van der Waals surface area contributed by atoms with E-state index in [-0.39, 0.29) is 0 Å². The van der Waals surface area contributed by atoms with E-state index in [9.17, 15) is 8.42 Å². The monoisotopic (exact) mass is 308 g/mol. The second-order valence-electron chi connectivity index (χ2n) is 11.1. The molecule has 18 heavy (non-hydrogen) atoms. The third-order valence-electron chi connectivity index (χ3n) is 15.8. The van der Waals surface area contributed by atoms with Gasteiger partial charge in [-0.15, -0.1) is 0 Å². The van der Waals surface area contributed by atoms with Gasteiger partial charge in [0.05, 0.1) is 0 Å². The van der Waals surface area contributed by atoms with Gasteiger partial charge in [-0.2, -0.15) is 0 Å². The Bertz CT molecular complexity index is 1020. The Balaban J connectivity index is 1.30. The zero-order chi connectivity index (χ0) is 11.6. The van der Waals surface area contributed by atoms with Crippen molar-refractivity contribution in [2.24, 2.45) is 0 Å². The molecular formula is C13H16FeO3S. The van der Waals surface area contributed by atoms with Crippen molar-refractivity contribution in [3.8, 4) is 0 Å². The average molecular weight is 308 g/mol. The van der Waals surface area contributed by atoms with Crippen molar-refractivity contribution < 1.29 is 19.1 Å². The predicted molar refractivity (Wildman–Crippen MR) is 61.9 cm³/mol. The molecular weight excluding hydrogens is 292 g/mol. The van der Waals surface area contributed by atoms with Crippen LogP contribution in [0.25, 0.3) is 0 Å². The average Bonchev–Trinajstić information content (AvgIpc) is 3.23. The summed E-state index contributed by atoms with van der Waals surface area (Å²) < 4.78 is 28.3. The molecule has 1 spiro atoms. The van der Waals surface area contributed by atoms with E-state index >= 15 is 0 Å². The van der Waals surface area contributed by atoms with Crippen LogP contribution in [0.2, 0.25) is 47.7 Å². The van der Waals surface area contributed by atoms with Crippen LogP contribution in [0.4, 0.5) is 0 Å². The Kier molecular flexibility index (Phi) is 0.254. The molecule has 0 aromatic rings. The van der Waals surface area contributed by atoms with E-state index in [1.807, 2.05) is 0 Å². The molecule has 0 amide bonds. The molecule has 10 saturated heterocycles. The maximum atomic E-state index is 11.2. The third kappa shape index (κ3) is 0.0798. The molecule has 0 aromatic carbocycles. The van der Waals surface area contributed by atoms with Gasteiger partial charge in [0.15, 0.2) is 0 Å². The summed E-state index contributed by atoms with van der Waals surface area (Å²) in [5, 5.41) is 0. The molecule has 0 saturated carbocycles. The van der Waals surface area contributed by atoms with Crippen LogP contribution < -0.4 is 0 Å². The summed E-state index contributed by atoms with van der Waals surface area (Å²) in [6.07, 6.45) is 2.36. The first kappa shape index (κ1) is 7.44. The van der Waals surface area contributed by atoms with Crippen LogP contribution in [0.1, 0.15) is 6.42 Å². The molecule has 0 radical (unpaired) electrons. The maximum absolute atomic E-state index is 11.2. The van der Waals surface area contributed by atoms with Crippen LogP contribution in [-0.2, 0) is 20.8 Å².